The third kappa shape index (κ3) is 4.80. The second kappa shape index (κ2) is 8.12. The lowest BCUT2D eigenvalue weighted by molar-refractivity contribution is 0.176. The lowest BCUT2D eigenvalue weighted by Gasteiger charge is -2.37. The second-order valence-electron chi connectivity index (χ2n) is 6.78. The summed E-state index contributed by atoms with van der Waals surface area (Å²) in [5.74, 6) is 2.44. The van der Waals surface area contributed by atoms with Crippen LogP contribution in [0.2, 0.25) is 0 Å². The van der Waals surface area contributed by atoms with E-state index >= 15 is 0 Å². The lowest BCUT2D eigenvalue weighted by atomic mass is 9.72. The van der Waals surface area contributed by atoms with Crippen molar-refractivity contribution in [3.05, 3.63) is 32.7 Å². The van der Waals surface area contributed by atoms with E-state index in [1.54, 1.807) is 0 Å². The Morgan fingerprint density at radius 2 is 1.81 bits per heavy atom. The zero-order valence-electron chi connectivity index (χ0n) is 13.3. The van der Waals surface area contributed by atoms with Crippen LogP contribution in [0.3, 0.4) is 0 Å². The van der Waals surface area contributed by atoms with E-state index in [-0.39, 0.29) is 0 Å². The molecular formula is C18H27Br2N. The molecular weight excluding hydrogens is 390 g/mol. The summed E-state index contributed by atoms with van der Waals surface area (Å²) in [6.45, 7) is 8.16. The van der Waals surface area contributed by atoms with Crippen LogP contribution in [0.5, 0.6) is 0 Å². The Balaban J connectivity index is 2.24. The minimum absolute atomic E-state index is 0.470. The molecule has 1 N–H and O–H groups in total. The molecule has 1 aliphatic rings. The largest absolute Gasteiger partial charge is 0.310 e. The van der Waals surface area contributed by atoms with Gasteiger partial charge >= 0.3 is 0 Å². The van der Waals surface area contributed by atoms with E-state index < -0.39 is 0 Å². The summed E-state index contributed by atoms with van der Waals surface area (Å²) in [7, 11) is 0. The van der Waals surface area contributed by atoms with Crippen LogP contribution in [-0.2, 0) is 0 Å². The number of hydrogen-bond acceptors (Lipinski definition) is 1. The first-order chi connectivity index (χ1) is 10.0. The maximum Gasteiger partial charge on any atom is 0.0360 e. The van der Waals surface area contributed by atoms with Crippen molar-refractivity contribution in [2.75, 3.05) is 6.54 Å². The Morgan fingerprint density at radius 1 is 1.14 bits per heavy atom. The van der Waals surface area contributed by atoms with Gasteiger partial charge in [-0.3, -0.25) is 0 Å². The van der Waals surface area contributed by atoms with E-state index in [1.165, 1.54) is 35.7 Å². The van der Waals surface area contributed by atoms with Crippen LogP contribution in [0, 0.1) is 17.8 Å². The van der Waals surface area contributed by atoms with Gasteiger partial charge in [0, 0.05) is 15.0 Å². The highest BCUT2D eigenvalue weighted by atomic mass is 79.9. The molecule has 1 fully saturated rings. The first-order valence-electron chi connectivity index (χ1n) is 8.19. The Labute approximate surface area is 146 Å². The molecule has 1 aliphatic carbocycles. The van der Waals surface area contributed by atoms with Crippen LogP contribution in [-0.4, -0.2) is 6.54 Å². The molecule has 118 valence electrons. The van der Waals surface area contributed by atoms with Gasteiger partial charge in [-0.25, -0.2) is 0 Å². The Kier molecular flexibility index (Phi) is 6.77. The van der Waals surface area contributed by atoms with E-state index in [1.807, 2.05) is 0 Å². The highest BCUT2D eigenvalue weighted by Crippen LogP contribution is 2.41. The SMILES string of the molecule is CCCNC(c1ccc(Br)cc1Br)C1CC(C)CC(C)C1. The molecule has 0 amide bonds. The Bertz CT molecular complexity index is 451. The molecule has 0 heterocycles. The highest BCUT2D eigenvalue weighted by Gasteiger charge is 2.31. The number of benzene rings is 1. The first-order valence-corrected chi connectivity index (χ1v) is 9.78. The van der Waals surface area contributed by atoms with Crippen LogP contribution in [0.15, 0.2) is 27.1 Å². The van der Waals surface area contributed by atoms with Crippen molar-refractivity contribution in [2.45, 2.75) is 52.5 Å². The van der Waals surface area contributed by atoms with E-state index in [9.17, 15) is 0 Å². The number of halogens is 2. The maximum absolute atomic E-state index is 3.81. The summed E-state index contributed by atoms with van der Waals surface area (Å²) < 4.78 is 2.36. The minimum Gasteiger partial charge on any atom is -0.310 e. The van der Waals surface area contributed by atoms with E-state index in [0.717, 1.165) is 28.8 Å². The smallest absolute Gasteiger partial charge is 0.0360 e. The van der Waals surface area contributed by atoms with Crippen molar-refractivity contribution in [3.8, 4) is 0 Å². The molecule has 0 radical (unpaired) electrons. The molecule has 0 aromatic heterocycles. The molecule has 1 saturated carbocycles. The molecule has 21 heavy (non-hydrogen) atoms. The van der Waals surface area contributed by atoms with Crippen molar-refractivity contribution in [1.29, 1.82) is 0 Å². The van der Waals surface area contributed by atoms with Crippen LogP contribution >= 0.6 is 31.9 Å². The highest BCUT2D eigenvalue weighted by molar-refractivity contribution is 9.11. The minimum atomic E-state index is 0.470. The molecule has 3 unspecified atom stereocenters. The summed E-state index contributed by atoms with van der Waals surface area (Å²) >= 11 is 7.33. The van der Waals surface area contributed by atoms with Crippen LogP contribution < -0.4 is 5.32 Å². The molecule has 0 saturated heterocycles. The molecule has 0 aliphatic heterocycles. The average Bonchev–Trinajstić information content (AvgIpc) is 2.40. The molecule has 1 aromatic rings. The predicted octanol–water partition coefficient (Wildman–Crippen LogP) is 6.32. The van der Waals surface area contributed by atoms with Crippen molar-refractivity contribution >= 4 is 31.9 Å². The van der Waals surface area contributed by atoms with Gasteiger partial charge in [0.25, 0.3) is 0 Å². The summed E-state index contributed by atoms with van der Waals surface area (Å²) in [6, 6.07) is 7.07. The third-order valence-corrected chi connectivity index (χ3v) is 5.78. The molecule has 3 atom stereocenters. The van der Waals surface area contributed by atoms with Gasteiger partial charge in [-0.1, -0.05) is 58.7 Å². The fourth-order valence-electron chi connectivity index (χ4n) is 3.87. The van der Waals surface area contributed by atoms with Crippen LogP contribution in [0.25, 0.3) is 0 Å². The van der Waals surface area contributed by atoms with Gasteiger partial charge in [-0.2, -0.15) is 0 Å². The third-order valence-electron chi connectivity index (χ3n) is 4.60. The zero-order chi connectivity index (χ0) is 15.4. The summed E-state index contributed by atoms with van der Waals surface area (Å²) in [6.07, 6.45) is 5.25. The number of rotatable bonds is 5. The number of hydrogen-bond donors (Lipinski definition) is 1. The van der Waals surface area contributed by atoms with Crippen molar-refractivity contribution in [2.24, 2.45) is 17.8 Å². The molecule has 1 aromatic carbocycles. The Hall–Kier alpha value is 0.140. The standard InChI is InChI=1S/C18H27Br2N/c1-4-7-21-18(14-9-12(2)8-13(3)10-14)16-6-5-15(19)11-17(16)20/h5-6,11-14,18,21H,4,7-10H2,1-3H3. The van der Waals surface area contributed by atoms with Crippen molar-refractivity contribution in [1.82, 2.24) is 5.32 Å². The summed E-state index contributed by atoms with van der Waals surface area (Å²) in [5, 5.41) is 3.81. The summed E-state index contributed by atoms with van der Waals surface area (Å²) in [4.78, 5) is 0. The maximum atomic E-state index is 3.81. The van der Waals surface area contributed by atoms with Crippen molar-refractivity contribution in [3.63, 3.8) is 0 Å². The monoisotopic (exact) mass is 415 g/mol. The molecule has 0 spiro atoms. The fourth-order valence-corrected chi connectivity index (χ4v) is 5.16. The average molecular weight is 417 g/mol. The summed E-state index contributed by atoms with van der Waals surface area (Å²) in [5.41, 5.74) is 1.41. The molecule has 0 bridgehead atoms. The quantitative estimate of drug-likeness (QED) is 0.591. The van der Waals surface area contributed by atoms with Crippen molar-refractivity contribution < 1.29 is 0 Å². The van der Waals surface area contributed by atoms with Gasteiger partial charge in [-0.15, -0.1) is 0 Å². The van der Waals surface area contributed by atoms with Gasteiger partial charge in [0.1, 0.15) is 0 Å². The van der Waals surface area contributed by atoms with Gasteiger partial charge < -0.3 is 5.32 Å². The Morgan fingerprint density at radius 3 is 2.38 bits per heavy atom. The van der Waals surface area contributed by atoms with E-state index in [0.29, 0.717) is 6.04 Å². The van der Waals surface area contributed by atoms with Gasteiger partial charge in [0.2, 0.25) is 0 Å². The van der Waals surface area contributed by atoms with Crippen LogP contribution in [0.1, 0.15) is 58.1 Å². The van der Waals surface area contributed by atoms with Gasteiger partial charge in [0.05, 0.1) is 0 Å². The van der Waals surface area contributed by atoms with Crippen LogP contribution in [0.4, 0.5) is 0 Å². The molecule has 1 nitrogen and oxygen atoms in total. The zero-order valence-corrected chi connectivity index (χ0v) is 16.5. The number of nitrogens with one attached hydrogen (secondary N) is 1. The van der Waals surface area contributed by atoms with Gasteiger partial charge in [-0.05, 0) is 67.7 Å². The van der Waals surface area contributed by atoms with E-state index in [2.05, 4.69) is 76.1 Å². The topological polar surface area (TPSA) is 12.0 Å². The lowest BCUT2D eigenvalue weighted by Crippen LogP contribution is -2.34. The first kappa shape index (κ1) is 17.5. The van der Waals surface area contributed by atoms with Gasteiger partial charge in [0.15, 0.2) is 0 Å². The predicted molar refractivity (Wildman–Crippen MR) is 98.5 cm³/mol. The van der Waals surface area contributed by atoms with E-state index in [4.69, 9.17) is 0 Å². The normalized spacial score (nSPS) is 27.6. The molecule has 2 rings (SSSR count). The molecule has 3 heteroatoms. The second-order valence-corrected chi connectivity index (χ2v) is 8.55. The fraction of sp³-hybridized carbons (Fsp3) is 0.667.